The average Bonchev–Trinajstić information content (AvgIpc) is 3.42. The monoisotopic (exact) mass is 367 g/mol. The molecular weight excluding hydrogens is 346 g/mol. The van der Waals surface area contributed by atoms with E-state index in [4.69, 9.17) is 0 Å². The molecule has 26 heavy (non-hydrogen) atoms. The Morgan fingerprint density at radius 2 is 2.19 bits per heavy atom. The molecule has 1 aliphatic rings. The van der Waals surface area contributed by atoms with E-state index in [-0.39, 0.29) is 5.91 Å². The molecule has 1 aliphatic heterocycles. The first kappa shape index (κ1) is 16.9. The van der Waals surface area contributed by atoms with E-state index in [1.54, 1.807) is 5.38 Å². The molecule has 0 bridgehead atoms. The fraction of sp³-hybridized carbons (Fsp3) is 0.316. The lowest BCUT2D eigenvalue weighted by molar-refractivity contribution is 0.102. The van der Waals surface area contributed by atoms with Crippen molar-refractivity contribution < 1.29 is 4.79 Å². The topological polar surface area (TPSA) is 71.8 Å². The number of amides is 1. The van der Waals surface area contributed by atoms with Gasteiger partial charge in [-0.3, -0.25) is 9.48 Å². The zero-order valence-electron chi connectivity index (χ0n) is 14.6. The van der Waals surface area contributed by atoms with E-state index in [1.165, 1.54) is 16.9 Å². The number of hydrogen-bond donors (Lipinski definition) is 2. The van der Waals surface area contributed by atoms with Gasteiger partial charge in [0.05, 0.1) is 6.04 Å². The van der Waals surface area contributed by atoms with E-state index in [1.807, 2.05) is 16.9 Å². The molecule has 1 aromatic carbocycles. The SMILES string of the molecule is CCc1ccc(-c2nc(C(=O)Nc3ccn(C4CCNC4)n3)cs2)cc1. The predicted octanol–water partition coefficient (Wildman–Crippen LogP) is 3.36. The van der Waals surface area contributed by atoms with Crippen molar-refractivity contribution in [2.24, 2.45) is 0 Å². The highest BCUT2D eigenvalue weighted by molar-refractivity contribution is 7.13. The molecule has 1 saturated heterocycles. The lowest BCUT2D eigenvalue weighted by Crippen LogP contribution is -2.16. The van der Waals surface area contributed by atoms with Crippen molar-refractivity contribution in [3.63, 3.8) is 0 Å². The second-order valence-corrected chi connectivity index (χ2v) is 7.23. The lowest BCUT2D eigenvalue weighted by Gasteiger charge is -2.08. The zero-order chi connectivity index (χ0) is 17.9. The summed E-state index contributed by atoms with van der Waals surface area (Å²) in [6, 6.07) is 10.5. The molecule has 4 rings (SSSR count). The standard InChI is InChI=1S/C19H21N5OS/c1-2-13-3-5-14(6-4-13)19-21-16(12-26-19)18(25)22-17-8-10-24(23-17)15-7-9-20-11-15/h3-6,8,10,12,15,20H,2,7,9,11H2,1H3,(H,22,23,25). The van der Waals surface area contributed by atoms with E-state index >= 15 is 0 Å². The first-order chi connectivity index (χ1) is 12.7. The molecule has 1 amide bonds. The largest absolute Gasteiger partial charge is 0.315 e. The summed E-state index contributed by atoms with van der Waals surface area (Å²) in [7, 11) is 0. The number of carbonyl (C=O) groups excluding carboxylic acids is 1. The van der Waals surface area contributed by atoms with Gasteiger partial charge < -0.3 is 10.6 Å². The van der Waals surface area contributed by atoms with Crippen LogP contribution in [0.2, 0.25) is 0 Å². The second-order valence-electron chi connectivity index (χ2n) is 6.37. The molecule has 134 valence electrons. The van der Waals surface area contributed by atoms with Crippen LogP contribution in [0.5, 0.6) is 0 Å². The number of anilines is 1. The number of hydrogen-bond acceptors (Lipinski definition) is 5. The molecule has 1 atom stereocenters. The summed E-state index contributed by atoms with van der Waals surface area (Å²) in [4.78, 5) is 16.9. The number of carbonyl (C=O) groups is 1. The van der Waals surface area contributed by atoms with Gasteiger partial charge in [0.2, 0.25) is 0 Å². The maximum absolute atomic E-state index is 12.5. The summed E-state index contributed by atoms with van der Waals surface area (Å²) in [5.41, 5.74) is 2.74. The highest BCUT2D eigenvalue weighted by Gasteiger charge is 2.18. The van der Waals surface area contributed by atoms with Gasteiger partial charge in [-0.25, -0.2) is 4.98 Å². The van der Waals surface area contributed by atoms with Gasteiger partial charge in [-0.2, -0.15) is 5.10 Å². The minimum atomic E-state index is -0.229. The number of aryl methyl sites for hydroxylation is 1. The Hall–Kier alpha value is -2.51. The fourth-order valence-corrected chi connectivity index (χ4v) is 3.85. The van der Waals surface area contributed by atoms with Crippen LogP contribution in [0.15, 0.2) is 41.9 Å². The van der Waals surface area contributed by atoms with Crippen LogP contribution in [0.3, 0.4) is 0 Å². The van der Waals surface area contributed by atoms with Crippen molar-refractivity contribution in [1.29, 1.82) is 0 Å². The van der Waals surface area contributed by atoms with Crippen molar-refractivity contribution >= 4 is 23.1 Å². The molecule has 1 unspecified atom stereocenters. The Morgan fingerprint density at radius 3 is 2.92 bits per heavy atom. The minimum Gasteiger partial charge on any atom is -0.315 e. The molecule has 0 radical (unpaired) electrons. The maximum Gasteiger partial charge on any atom is 0.276 e. The van der Waals surface area contributed by atoms with E-state index in [2.05, 4.69) is 51.9 Å². The molecule has 3 heterocycles. The summed E-state index contributed by atoms with van der Waals surface area (Å²) in [6.07, 6.45) is 3.98. The molecule has 2 N–H and O–H groups in total. The zero-order valence-corrected chi connectivity index (χ0v) is 15.4. The molecule has 7 heteroatoms. The van der Waals surface area contributed by atoms with Crippen molar-refractivity contribution in [3.8, 4) is 10.6 Å². The van der Waals surface area contributed by atoms with Crippen LogP contribution in [-0.4, -0.2) is 33.8 Å². The molecule has 0 spiro atoms. The average molecular weight is 367 g/mol. The van der Waals surface area contributed by atoms with Crippen LogP contribution >= 0.6 is 11.3 Å². The van der Waals surface area contributed by atoms with Crippen LogP contribution in [0, 0.1) is 0 Å². The summed E-state index contributed by atoms with van der Waals surface area (Å²) in [5.74, 6) is 0.330. The van der Waals surface area contributed by atoms with Crippen molar-refractivity contribution in [2.45, 2.75) is 25.8 Å². The van der Waals surface area contributed by atoms with Crippen LogP contribution in [0.25, 0.3) is 10.6 Å². The Bertz CT molecular complexity index is 893. The third kappa shape index (κ3) is 3.54. The van der Waals surface area contributed by atoms with Crippen molar-refractivity contribution in [1.82, 2.24) is 20.1 Å². The van der Waals surface area contributed by atoms with Gasteiger partial charge >= 0.3 is 0 Å². The molecule has 0 aliphatic carbocycles. The predicted molar refractivity (Wildman–Crippen MR) is 104 cm³/mol. The molecule has 0 saturated carbocycles. The van der Waals surface area contributed by atoms with E-state index in [0.717, 1.165) is 36.5 Å². The number of nitrogens with one attached hydrogen (secondary N) is 2. The lowest BCUT2D eigenvalue weighted by atomic mass is 10.1. The fourth-order valence-electron chi connectivity index (χ4n) is 3.05. The Morgan fingerprint density at radius 1 is 1.35 bits per heavy atom. The van der Waals surface area contributed by atoms with Crippen LogP contribution in [-0.2, 0) is 6.42 Å². The molecule has 3 aromatic rings. The van der Waals surface area contributed by atoms with Gasteiger partial charge in [-0.1, -0.05) is 31.2 Å². The normalized spacial score (nSPS) is 16.7. The van der Waals surface area contributed by atoms with Gasteiger partial charge in [-0.15, -0.1) is 11.3 Å². The third-order valence-corrected chi connectivity index (χ3v) is 5.50. The van der Waals surface area contributed by atoms with E-state index in [9.17, 15) is 4.79 Å². The van der Waals surface area contributed by atoms with Gasteiger partial charge in [0, 0.05) is 29.8 Å². The summed E-state index contributed by atoms with van der Waals surface area (Å²) >= 11 is 1.47. The van der Waals surface area contributed by atoms with Crippen molar-refractivity contribution in [2.75, 3.05) is 18.4 Å². The van der Waals surface area contributed by atoms with Gasteiger partial charge in [-0.05, 0) is 24.9 Å². The first-order valence-corrected chi connectivity index (χ1v) is 9.73. The minimum absolute atomic E-state index is 0.229. The third-order valence-electron chi connectivity index (χ3n) is 4.60. The highest BCUT2D eigenvalue weighted by atomic mass is 32.1. The van der Waals surface area contributed by atoms with Crippen LogP contribution in [0.4, 0.5) is 5.82 Å². The summed E-state index contributed by atoms with van der Waals surface area (Å²) in [6.45, 7) is 4.06. The highest BCUT2D eigenvalue weighted by Crippen LogP contribution is 2.24. The van der Waals surface area contributed by atoms with Gasteiger partial charge in [0.15, 0.2) is 5.82 Å². The number of aromatic nitrogens is 3. The molecule has 2 aromatic heterocycles. The number of benzene rings is 1. The maximum atomic E-state index is 12.5. The first-order valence-electron chi connectivity index (χ1n) is 8.85. The number of thiazole rings is 1. The molecular formula is C19H21N5OS. The smallest absolute Gasteiger partial charge is 0.276 e. The quantitative estimate of drug-likeness (QED) is 0.725. The summed E-state index contributed by atoms with van der Waals surface area (Å²) < 4.78 is 1.91. The van der Waals surface area contributed by atoms with Gasteiger partial charge in [0.1, 0.15) is 10.7 Å². The Balaban J connectivity index is 1.44. The summed E-state index contributed by atoms with van der Waals surface area (Å²) in [5, 5.41) is 13.3. The second kappa shape index (κ2) is 7.39. The molecule has 6 nitrogen and oxygen atoms in total. The Labute approximate surface area is 156 Å². The Kier molecular flexibility index (Phi) is 4.81. The van der Waals surface area contributed by atoms with E-state index < -0.39 is 0 Å². The van der Waals surface area contributed by atoms with Gasteiger partial charge in [0.25, 0.3) is 5.91 Å². The number of rotatable bonds is 5. The van der Waals surface area contributed by atoms with Crippen molar-refractivity contribution in [3.05, 3.63) is 53.2 Å². The number of nitrogens with zero attached hydrogens (tertiary/aromatic N) is 3. The van der Waals surface area contributed by atoms with E-state index in [0.29, 0.717) is 17.6 Å². The van der Waals surface area contributed by atoms with Crippen LogP contribution < -0.4 is 10.6 Å². The molecule has 1 fully saturated rings. The van der Waals surface area contributed by atoms with Crippen LogP contribution in [0.1, 0.15) is 35.4 Å².